The highest BCUT2D eigenvalue weighted by Crippen LogP contribution is 2.22. The third-order valence-corrected chi connectivity index (χ3v) is 4.64. The molecule has 2 aromatic carbocycles. The average molecular weight is 340 g/mol. The molecule has 1 fully saturated rings. The van der Waals surface area contributed by atoms with Crippen molar-refractivity contribution in [2.24, 2.45) is 0 Å². The number of nitrogens with zero attached hydrogens (tertiary/aromatic N) is 1. The Bertz CT molecular complexity index is 676. The van der Waals surface area contributed by atoms with Gasteiger partial charge in [0.25, 0.3) is 0 Å². The van der Waals surface area contributed by atoms with E-state index in [1.165, 1.54) is 43.6 Å². The van der Waals surface area contributed by atoms with Crippen LogP contribution in [0.25, 0.3) is 0 Å². The van der Waals surface area contributed by atoms with Crippen LogP contribution in [-0.4, -0.2) is 18.2 Å². The summed E-state index contributed by atoms with van der Waals surface area (Å²) >= 11 is 5.42. The Labute approximate surface area is 150 Å². The molecule has 0 spiro atoms. The number of piperidine rings is 1. The summed E-state index contributed by atoms with van der Waals surface area (Å²) < 4.78 is 0. The maximum Gasteiger partial charge on any atom is 0.175 e. The highest BCUT2D eigenvalue weighted by molar-refractivity contribution is 7.80. The van der Waals surface area contributed by atoms with E-state index in [1.807, 2.05) is 6.07 Å². The number of benzene rings is 2. The Hall–Kier alpha value is -2.07. The minimum atomic E-state index is 0.619. The summed E-state index contributed by atoms with van der Waals surface area (Å²) in [5.41, 5.74) is 4.64. The molecule has 0 aromatic heterocycles. The van der Waals surface area contributed by atoms with Crippen LogP contribution in [0.5, 0.6) is 0 Å². The van der Waals surface area contributed by atoms with Crippen LogP contribution in [0.2, 0.25) is 0 Å². The van der Waals surface area contributed by atoms with Crippen molar-refractivity contribution < 1.29 is 0 Å². The molecule has 0 saturated carbocycles. The SMILES string of the molecule is CCc1cccc(NC(=S)Nc2ccc(N3CCCCC3)cc2)c1. The molecule has 2 aromatic rings. The molecule has 126 valence electrons. The molecule has 1 saturated heterocycles. The van der Waals surface area contributed by atoms with E-state index in [4.69, 9.17) is 12.2 Å². The van der Waals surface area contributed by atoms with E-state index in [0.29, 0.717) is 5.11 Å². The molecule has 3 nitrogen and oxygen atoms in total. The van der Waals surface area contributed by atoms with Gasteiger partial charge in [0.15, 0.2) is 5.11 Å². The van der Waals surface area contributed by atoms with Gasteiger partial charge in [-0.3, -0.25) is 0 Å². The summed E-state index contributed by atoms with van der Waals surface area (Å²) in [5, 5.41) is 7.13. The zero-order chi connectivity index (χ0) is 16.8. The van der Waals surface area contributed by atoms with Crippen molar-refractivity contribution in [2.45, 2.75) is 32.6 Å². The van der Waals surface area contributed by atoms with Gasteiger partial charge in [0, 0.05) is 30.2 Å². The minimum Gasteiger partial charge on any atom is -0.372 e. The van der Waals surface area contributed by atoms with E-state index in [-0.39, 0.29) is 0 Å². The quantitative estimate of drug-likeness (QED) is 0.762. The summed E-state index contributed by atoms with van der Waals surface area (Å²) in [6.07, 6.45) is 4.97. The van der Waals surface area contributed by atoms with Crippen molar-refractivity contribution in [3.8, 4) is 0 Å². The second-order valence-electron chi connectivity index (χ2n) is 6.23. The van der Waals surface area contributed by atoms with E-state index < -0.39 is 0 Å². The monoisotopic (exact) mass is 339 g/mol. The molecular weight excluding hydrogens is 314 g/mol. The molecule has 1 aliphatic rings. The largest absolute Gasteiger partial charge is 0.372 e. The molecule has 1 aliphatic heterocycles. The molecular formula is C20H25N3S. The Balaban J connectivity index is 1.57. The predicted octanol–water partition coefficient (Wildman–Crippen LogP) is 5.05. The standard InChI is InChI=1S/C20H25N3S/c1-2-16-7-6-8-18(15-16)22-20(24)21-17-9-11-19(12-10-17)23-13-4-3-5-14-23/h6-12,15H,2-5,13-14H2,1H3,(H2,21,22,24). The fourth-order valence-corrected chi connectivity index (χ4v) is 3.31. The molecule has 0 bridgehead atoms. The number of hydrogen-bond donors (Lipinski definition) is 2. The highest BCUT2D eigenvalue weighted by Gasteiger charge is 2.10. The van der Waals surface area contributed by atoms with Gasteiger partial charge in [-0.2, -0.15) is 0 Å². The molecule has 24 heavy (non-hydrogen) atoms. The molecule has 2 N–H and O–H groups in total. The smallest absolute Gasteiger partial charge is 0.175 e. The first kappa shape index (κ1) is 16.8. The van der Waals surface area contributed by atoms with Crippen molar-refractivity contribution in [2.75, 3.05) is 28.6 Å². The number of rotatable bonds is 4. The average Bonchev–Trinajstić information content (AvgIpc) is 2.63. The lowest BCUT2D eigenvalue weighted by Gasteiger charge is -2.28. The fourth-order valence-electron chi connectivity index (χ4n) is 3.07. The first-order valence-electron chi connectivity index (χ1n) is 8.76. The highest BCUT2D eigenvalue weighted by atomic mass is 32.1. The molecule has 0 aliphatic carbocycles. The van der Waals surface area contributed by atoms with Crippen LogP contribution in [0, 0.1) is 0 Å². The molecule has 0 amide bonds. The number of aryl methyl sites for hydroxylation is 1. The van der Waals surface area contributed by atoms with Crippen LogP contribution in [0.15, 0.2) is 48.5 Å². The lowest BCUT2D eigenvalue weighted by molar-refractivity contribution is 0.578. The zero-order valence-electron chi connectivity index (χ0n) is 14.2. The van der Waals surface area contributed by atoms with Crippen molar-refractivity contribution in [3.63, 3.8) is 0 Å². The van der Waals surface area contributed by atoms with E-state index in [9.17, 15) is 0 Å². The van der Waals surface area contributed by atoms with Crippen LogP contribution in [0.3, 0.4) is 0 Å². The van der Waals surface area contributed by atoms with Gasteiger partial charge in [0.2, 0.25) is 0 Å². The van der Waals surface area contributed by atoms with Crippen molar-refractivity contribution in [3.05, 3.63) is 54.1 Å². The summed E-state index contributed by atoms with van der Waals surface area (Å²) in [5.74, 6) is 0. The number of nitrogens with one attached hydrogen (secondary N) is 2. The van der Waals surface area contributed by atoms with Crippen LogP contribution in [0.1, 0.15) is 31.7 Å². The van der Waals surface area contributed by atoms with Gasteiger partial charge in [-0.25, -0.2) is 0 Å². The number of thiocarbonyl (C=S) groups is 1. The Morgan fingerprint density at radius 1 is 0.958 bits per heavy atom. The van der Waals surface area contributed by atoms with Gasteiger partial charge < -0.3 is 15.5 Å². The van der Waals surface area contributed by atoms with Gasteiger partial charge in [0.1, 0.15) is 0 Å². The normalized spacial score (nSPS) is 14.3. The second-order valence-corrected chi connectivity index (χ2v) is 6.64. The molecule has 0 atom stereocenters. The summed E-state index contributed by atoms with van der Waals surface area (Å²) in [7, 11) is 0. The van der Waals surface area contributed by atoms with Crippen molar-refractivity contribution >= 4 is 34.4 Å². The topological polar surface area (TPSA) is 27.3 Å². The third-order valence-electron chi connectivity index (χ3n) is 4.44. The number of hydrogen-bond acceptors (Lipinski definition) is 2. The van der Waals surface area contributed by atoms with Gasteiger partial charge in [-0.15, -0.1) is 0 Å². The van der Waals surface area contributed by atoms with E-state index in [0.717, 1.165) is 17.8 Å². The Morgan fingerprint density at radius 2 is 1.67 bits per heavy atom. The first-order valence-corrected chi connectivity index (χ1v) is 9.17. The second kappa shape index (κ2) is 8.15. The molecule has 4 heteroatoms. The molecule has 1 heterocycles. The third kappa shape index (κ3) is 4.48. The van der Waals surface area contributed by atoms with Crippen molar-refractivity contribution in [1.82, 2.24) is 0 Å². The van der Waals surface area contributed by atoms with Crippen LogP contribution >= 0.6 is 12.2 Å². The van der Waals surface area contributed by atoms with Gasteiger partial charge in [-0.05, 0) is 79.9 Å². The van der Waals surface area contributed by atoms with Crippen LogP contribution < -0.4 is 15.5 Å². The molecule has 3 rings (SSSR count). The van der Waals surface area contributed by atoms with Crippen LogP contribution in [-0.2, 0) is 6.42 Å². The summed E-state index contributed by atoms with van der Waals surface area (Å²) in [6.45, 7) is 4.49. The van der Waals surface area contributed by atoms with Crippen LogP contribution in [0.4, 0.5) is 17.1 Å². The summed E-state index contributed by atoms with van der Waals surface area (Å²) in [4.78, 5) is 2.46. The van der Waals surface area contributed by atoms with Gasteiger partial charge >= 0.3 is 0 Å². The van der Waals surface area contributed by atoms with Crippen molar-refractivity contribution in [1.29, 1.82) is 0 Å². The summed E-state index contributed by atoms with van der Waals surface area (Å²) in [6, 6.07) is 16.9. The first-order chi connectivity index (χ1) is 11.7. The predicted molar refractivity (Wildman–Crippen MR) is 108 cm³/mol. The molecule has 0 unspecified atom stereocenters. The zero-order valence-corrected chi connectivity index (χ0v) is 15.0. The Morgan fingerprint density at radius 3 is 2.38 bits per heavy atom. The maximum atomic E-state index is 5.42. The van der Waals surface area contributed by atoms with E-state index in [2.05, 4.69) is 64.9 Å². The lowest BCUT2D eigenvalue weighted by Crippen LogP contribution is -2.29. The van der Waals surface area contributed by atoms with E-state index >= 15 is 0 Å². The lowest BCUT2D eigenvalue weighted by atomic mass is 10.1. The van der Waals surface area contributed by atoms with E-state index in [1.54, 1.807) is 0 Å². The minimum absolute atomic E-state index is 0.619. The fraction of sp³-hybridized carbons (Fsp3) is 0.350. The number of anilines is 3. The van der Waals surface area contributed by atoms with Gasteiger partial charge in [0.05, 0.1) is 0 Å². The molecule has 0 radical (unpaired) electrons. The maximum absolute atomic E-state index is 5.42. The Kier molecular flexibility index (Phi) is 5.70. The van der Waals surface area contributed by atoms with Gasteiger partial charge in [-0.1, -0.05) is 19.1 Å².